The van der Waals surface area contributed by atoms with Crippen molar-refractivity contribution in [2.24, 2.45) is 10.4 Å². The van der Waals surface area contributed by atoms with Crippen molar-refractivity contribution in [1.29, 1.82) is 0 Å². The first-order valence-corrected chi connectivity index (χ1v) is 5.44. The zero-order valence-corrected chi connectivity index (χ0v) is 9.98. The Kier molecular flexibility index (Phi) is 3.52. The molecular formula is C13H8N2O5. The summed E-state index contributed by atoms with van der Waals surface area (Å²) < 4.78 is 0. The molecule has 2 rings (SSSR count). The van der Waals surface area contributed by atoms with Crippen LogP contribution in [0.5, 0.6) is 11.5 Å². The van der Waals surface area contributed by atoms with Crippen molar-refractivity contribution in [3.63, 3.8) is 0 Å². The molecule has 7 heteroatoms. The van der Waals surface area contributed by atoms with Crippen molar-refractivity contribution in [3.8, 4) is 11.5 Å². The first-order valence-electron chi connectivity index (χ1n) is 5.44. The minimum absolute atomic E-state index is 0.0756. The normalized spacial score (nSPS) is 10.0. The third-order valence-corrected chi connectivity index (χ3v) is 2.65. The molecule has 0 fully saturated rings. The fraction of sp³-hybridized carbons (Fsp3) is 0. The molecule has 2 aromatic rings. The number of phenols is 2. The van der Waals surface area contributed by atoms with E-state index in [4.69, 9.17) is 0 Å². The number of carbonyl (C=O) groups excluding carboxylic acids is 1. The first kappa shape index (κ1) is 13.3. The molecule has 2 N–H and O–H groups in total. The summed E-state index contributed by atoms with van der Waals surface area (Å²) >= 11 is 0. The Hall–Kier alpha value is -3.09. The lowest BCUT2D eigenvalue weighted by atomic mass is 10.00. The lowest BCUT2D eigenvalue weighted by Gasteiger charge is -2.05. The summed E-state index contributed by atoms with van der Waals surface area (Å²) in [6, 6.07) is 6.95. The first-order chi connectivity index (χ1) is 9.56. The maximum absolute atomic E-state index is 12.3. The van der Waals surface area contributed by atoms with E-state index in [2.05, 4.69) is 10.4 Å². The second kappa shape index (κ2) is 5.27. The summed E-state index contributed by atoms with van der Waals surface area (Å²) in [5, 5.41) is 23.8. The van der Waals surface area contributed by atoms with Crippen LogP contribution in [0.3, 0.4) is 0 Å². The minimum atomic E-state index is -0.658. The molecule has 0 bridgehead atoms. The molecule has 0 aliphatic rings. The molecule has 0 aliphatic carbocycles. The molecule has 20 heavy (non-hydrogen) atoms. The molecule has 0 aromatic heterocycles. The summed E-state index contributed by atoms with van der Waals surface area (Å²) in [5.41, 5.74) is -0.651. The van der Waals surface area contributed by atoms with Gasteiger partial charge in [-0.15, -0.1) is 9.81 Å². The Morgan fingerprint density at radius 2 is 1.20 bits per heavy atom. The second-order valence-electron chi connectivity index (χ2n) is 3.91. The topological polar surface area (TPSA) is 116 Å². The Labute approximate surface area is 112 Å². The van der Waals surface area contributed by atoms with Gasteiger partial charge in [0.15, 0.2) is 5.78 Å². The van der Waals surface area contributed by atoms with Crippen LogP contribution >= 0.6 is 0 Å². The predicted octanol–water partition coefficient (Wildman–Crippen LogP) is 3.12. The summed E-state index contributed by atoms with van der Waals surface area (Å²) in [4.78, 5) is 33.6. The molecule has 0 heterocycles. The third kappa shape index (κ3) is 2.37. The predicted molar refractivity (Wildman–Crippen MR) is 70.6 cm³/mol. The second-order valence-corrected chi connectivity index (χ2v) is 3.91. The average molecular weight is 272 g/mol. The van der Waals surface area contributed by atoms with E-state index in [0.717, 1.165) is 12.1 Å². The number of hydrogen-bond donors (Lipinski definition) is 2. The van der Waals surface area contributed by atoms with E-state index in [9.17, 15) is 24.8 Å². The van der Waals surface area contributed by atoms with Crippen LogP contribution in [0.2, 0.25) is 0 Å². The van der Waals surface area contributed by atoms with Gasteiger partial charge in [0.1, 0.15) is 22.9 Å². The summed E-state index contributed by atoms with van der Waals surface area (Å²) in [6.07, 6.45) is 0. The molecule has 0 saturated carbocycles. The van der Waals surface area contributed by atoms with E-state index < -0.39 is 5.78 Å². The SMILES string of the molecule is O=Nc1cc(O)ccc1C(=O)c1ccc(O)cc1N=O. The van der Waals surface area contributed by atoms with Crippen molar-refractivity contribution in [3.05, 3.63) is 57.3 Å². The van der Waals surface area contributed by atoms with Crippen molar-refractivity contribution in [2.75, 3.05) is 0 Å². The minimum Gasteiger partial charge on any atom is -0.508 e. The number of ketones is 1. The number of phenolic OH excluding ortho intramolecular Hbond substituents is 2. The van der Waals surface area contributed by atoms with Crippen LogP contribution < -0.4 is 0 Å². The molecule has 0 atom stereocenters. The highest BCUT2D eigenvalue weighted by molar-refractivity contribution is 6.14. The van der Waals surface area contributed by atoms with Crippen LogP contribution in [0.1, 0.15) is 15.9 Å². The molecule has 100 valence electrons. The molecule has 0 unspecified atom stereocenters. The Bertz CT molecular complexity index is 652. The van der Waals surface area contributed by atoms with E-state index >= 15 is 0 Å². The third-order valence-electron chi connectivity index (χ3n) is 2.65. The van der Waals surface area contributed by atoms with Gasteiger partial charge in [-0.1, -0.05) is 0 Å². The summed E-state index contributed by atoms with van der Waals surface area (Å²) in [7, 11) is 0. The van der Waals surface area contributed by atoms with E-state index in [0.29, 0.717) is 0 Å². The lowest BCUT2D eigenvalue weighted by Crippen LogP contribution is -2.02. The van der Waals surface area contributed by atoms with Gasteiger partial charge >= 0.3 is 0 Å². The maximum atomic E-state index is 12.3. The molecule has 0 radical (unpaired) electrons. The molecule has 0 saturated heterocycles. The number of hydrogen-bond acceptors (Lipinski definition) is 7. The van der Waals surface area contributed by atoms with E-state index in [1.165, 1.54) is 24.3 Å². The van der Waals surface area contributed by atoms with Gasteiger partial charge in [0.2, 0.25) is 0 Å². The van der Waals surface area contributed by atoms with Gasteiger partial charge in [-0.25, -0.2) is 0 Å². The Morgan fingerprint density at radius 1 is 0.800 bits per heavy atom. The van der Waals surface area contributed by atoms with Crippen molar-refractivity contribution >= 4 is 17.2 Å². The molecular weight excluding hydrogens is 264 g/mol. The van der Waals surface area contributed by atoms with Crippen LogP contribution in [0, 0.1) is 9.81 Å². The van der Waals surface area contributed by atoms with Gasteiger partial charge in [-0.05, 0) is 34.6 Å². The fourth-order valence-corrected chi connectivity index (χ4v) is 1.72. The number of nitroso groups, excluding NO2 is 2. The molecule has 0 aliphatic heterocycles. The van der Waals surface area contributed by atoms with Gasteiger partial charge in [0, 0.05) is 12.1 Å². The van der Waals surface area contributed by atoms with Gasteiger partial charge in [0.05, 0.1) is 11.1 Å². The average Bonchev–Trinajstić information content (AvgIpc) is 2.46. The van der Waals surface area contributed by atoms with E-state index in [1.807, 2.05) is 0 Å². The highest BCUT2D eigenvalue weighted by Gasteiger charge is 2.19. The lowest BCUT2D eigenvalue weighted by molar-refractivity contribution is 0.104. The summed E-state index contributed by atoms with van der Waals surface area (Å²) in [6.45, 7) is 0. The highest BCUT2D eigenvalue weighted by atomic mass is 16.3. The van der Waals surface area contributed by atoms with Crippen molar-refractivity contribution in [1.82, 2.24) is 0 Å². The number of rotatable bonds is 4. The van der Waals surface area contributed by atoms with Crippen LogP contribution in [-0.2, 0) is 0 Å². The largest absolute Gasteiger partial charge is 0.508 e. The quantitative estimate of drug-likeness (QED) is 0.655. The zero-order chi connectivity index (χ0) is 14.7. The molecule has 0 amide bonds. The number of benzene rings is 2. The fourth-order valence-electron chi connectivity index (χ4n) is 1.72. The summed E-state index contributed by atoms with van der Waals surface area (Å²) in [5.74, 6) is -1.08. The molecule has 2 aromatic carbocycles. The zero-order valence-electron chi connectivity index (χ0n) is 9.98. The standard InChI is InChI=1S/C13H8N2O5/c16-7-1-3-9(11(5-7)14-19)13(18)10-4-2-8(17)6-12(10)15-20/h1-6,16-17H. The van der Waals surface area contributed by atoms with Crippen LogP contribution in [0.25, 0.3) is 0 Å². The van der Waals surface area contributed by atoms with Crippen molar-refractivity contribution < 1.29 is 15.0 Å². The molecule has 7 nitrogen and oxygen atoms in total. The number of aromatic hydroxyl groups is 2. The van der Waals surface area contributed by atoms with E-state index in [-0.39, 0.29) is 34.0 Å². The number of nitrogens with zero attached hydrogens (tertiary/aromatic N) is 2. The van der Waals surface area contributed by atoms with Gasteiger partial charge in [-0.2, -0.15) is 0 Å². The highest BCUT2D eigenvalue weighted by Crippen LogP contribution is 2.31. The van der Waals surface area contributed by atoms with Crippen LogP contribution in [0.4, 0.5) is 11.4 Å². The van der Waals surface area contributed by atoms with E-state index in [1.54, 1.807) is 0 Å². The monoisotopic (exact) mass is 272 g/mol. The Balaban J connectivity index is 2.57. The number of carbonyl (C=O) groups is 1. The molecule has 0 spiro atoms. The maximum Gasteiger partial charge on any atom is 0.197 e. The van der Waals surface area contributed by atoms with Crippen LogP contribution in [-0.4, -0.2) is 16.0 Å². The van der Waals surface area contributed by atoms with Gasteiger partial charge < -0.3 is 10.2 Å². The smallest absolute Gasteiger partial charge is 0.197 e. The Morgan fingerprint density at radius 3 is 1.55 bits per heavy atom. The van der Waals surface area contributed by atoms with Crippen molar-refractivity contribution in [2.45, 2.75) is 0 Å². The van der Waals surface area contributed by atoms with Gasteiger partial charge in [-0.3, -0.25) is 4.79 Å². The van der Waals surface area contributed by atoms with Crippen LogP contribution in [0.15, 0.2) is 46.8 Å². The van der Waals surface area contributed by atoms with Gasteiger partial charge in [0.25, 0.3) is 0 Å².